The molecule has 1 aliphatic heterocycles. The number of amides is 1. The van der Waals surface area contributed by atoms with Crippen LogP contribution >= 0.6 is 11.6 Å². The van der Waals surface area contributed by atoms with Crippen molar-refractivity contribution in [2.24, 2.45) is 0 Å². The molecule has 0 spiro atoms. The van der Waals surface area contributed by atoms with Crippen LogP contribution in [0.3, 0.4) is 0 Å². The summed E-state index contributed by atoms with van der Waals surface area (Å²) in [7, 11) is 1.89. The van der Waals surface area contributed by atoms with Gasteiger partial charge in [-0.1, -0.05) is 41.9 Å². The fourth-order valence-corrected chi connectivity index (χ4v) is 5.10. The van der Waals surface area contributed by atoms with Crippen molar-refractivity contribution in [2.45, 2.75) is 25.8 Å². The van der Waals surface area contributed by atoms with Gasteiger partial charge < -0.3 is 14.5 Å². The number of hydrogen-bond donors (Lipinski definition) is 1. The van der Waals surface area contributed by atoms with Gasteiger partial charge in [-0.05, 0) is 68.8 Å². The summed E-state index contributed by atoms with van der Waals surface area (Å²) >= 11 is 6.23. The van der Waals surface area contributed by atoms with E-state index in [4.69, 9.17) is 16.3 Å². The van der Waals surface area contributed by atoms with E-state index in [0.717, 1.165) is 53.6 Å². The quantitative estimate of drug-likeness (QED) is 0.296. The van der Waals surface area contributed by atoms with Crippen LogP contribution in [-0.4, -0.2) is 59.2 Å². The number of halogens is 1. The second kappa shape index (κ2) is 10.7. The number of ether oxygens (including phenoxy) is 1. The Bertz CT molecular complexity index is 1360. The summed E-state index contributed by atoms with van der Waals surface area (Å²) in [6.07, 6.45) is 3.92. The van der Waals surface area contributed by atoms with Gasteiger partial charge in [0.15, 0.2) is 0 Å². The first-order valence-corrected chi connectivity index (χ1v) is 12.9. The molecule has 1 fully saturated rings. The lowest BCUT2D eigenvalue weighted by atomic mass is 9.97. The topological polar surface area (TPSA) is 61.5 Å². The molecule has 4 aromatic rings. The predicted octanol–water partition coefficient (Wildman–Crippen LogP) is 6.19. The molecule has 1 amide bonds. The minimum atomic E-state index is -0.0922. The number of aromatic amines is 1. The summed E-state index contributed by atoms with van der Waals surface area (Å²) in [6, 6.07) is 19.4. The first-order valence-electron chi connectivity index (χ1n) is 12.5. The Morgan fingerprint density at radius 1 is 1.17 bits per heavy atom. The average molecular weight is 503 g/mol. The lowest BCUT2D eigenvalue weighted by Crippen LogP contribution is -2.40. The second-order valence-corrected chi connectivity index (χ2v) is 9.69. The molecule has 0 bridgehead atoms. The molecule has 6 nitrogen and oxygen atoms in total. The molecule has 1 aliphatic rings. The van der Waals surface area contributed by atoms with Crippen LogP contribution in [0.4, 0.5) is 0 Å². The molecule has 1 atom stereocenters. The molecule has 1 saturated heterocycles. The Morgan fingerprint density at radius 2 is 2.00 bits per heavy atom. The number of H-pyrrole nitrogens is 1. The highest BCUT2D eigenvalue weighted by Crippen LogP contribution is 2.35. The van der Waals surface area contributed by atoms with Gasteiger partial charge in [-0.25, -0.2) is 0 Å². The number of nitrogens with zero attached hydrogens (tertiary/aromatic N) is 3. The van der Waals surface area contributed by atoms with Crippen molar-refractivity contribution < 1.29 is 9.53 Å². The lowest BCUT2D eigenvalue weighted by molar-refractivity contribution is 0.0699. The van der Waals surface area contributed by atoms with Crippen LogP contribution in [0.1, 0.15) is 41.7 Å². The molecule has 5 rings (SSSR count). The van der Waals surface area contributed by atoms with E-state index in [1.54, 1.807) is 0 Å². The van der Waals surface area contributed by atoms with Crippen molar-refractivity contribution in [2.75, 3.05) is 33.3 Å². The summed E-state index contributed by atoms with van der Waals surface area (Å²) in [5, 5.41) is 9.09. The Hall–Kier alpha value is -3.35. The van der Waals surface area contributed by atoms with Crippen LogP contribution in [0.5, 0.6) is 5.75 Å². The van der Waals surface area contributed by atoms with Gasteiger partial charge in [0.25, 0.3) is 5.91 Å². The first-order chi connectivity index (χ1) is 17.5. The van der Waals surface area contributed by atoms with Crippen LogP contribution in [0.2, 0.25) is 5.02 Å². The molecule has 36 heavy (non-hydrogen) atoms. The van der Waals surface area contributed by atoms with Gasteiger partial charge >= 0.3 is 0 Å². The highest BCUT2D eigenvalue weighted by atomic mass is 35.5. The molecule has 0 radical (unpaired) electrons. The maximum Gasteiger partial charge on any atom is 0.254 e. The zero-order chi connectivity index (χ0) is 25.1. The van der Waals surface area contributed by atoms with Gasteiger partial charge in [0.05, 0.1) is 24.4 Å². The zero-order valence-electron chi connectivity index (χ0n) is 20.7. The van der Waals surface area contributed by atoms with Crippen LogP contribution in [0.25, 0.3) is 22.0 Å². The van der Waals surface area contributed by atoms with Crippen LogP contribution in [0, 0.1) is 0 Å². The van der Waals surface area contributed by atoms with E-state index in [1.807, 2.05) is 79.7 Å². The van der Waals surface area contributed by atoms with Crippen molar-refractivity contribution >= 4 is 28.4 Å². The van der Waals surface area contributed by atoms with Crippen molar-refractivity contribution in [3.63, 3.8) is 0 Å². The van der Waals surface area contributed by atoms with Crippen molar-refractivity contribution in [1.82, 2.24) is 20.0 Å². The van der Waals surface area contributed by atoms with E-state index in [1.165, 1.54) is 6.42 Å². The molecular weight excluding hydrogens is 472 g/mol. The van der Waals surface area contributed by atoms with Crippen molar-refractivity contribution in [1.29, 1.82) is 0 Å². The molecule has 7 heteroatoms. The van der Waals surface area contributed by atoms with Gasteiger partial charge in [0, 0.05) is 40.7 Å². The molecule has 1 N–H and O–H groups in total. The Morgan fingerprint density at radius 3 is 2.75 bits per heavy atom. The fourth-order valence-electron chi connectivity index (χ4n) is 4.91. The summed E-state index contributed by atoms with van der Waals surface area (Å²) in [5.74, 6) is 0.630. The van der Waals surface area contributed by atoms with Gasteiger partial charge in [0.2, 0.25) is 0 Å². The number of rotatable bonds is 9. The average Bonchev–Trinajstić information content (AvgIpc) is 3.34. The maximum absolute atomic E-state index is 13.8. The van der Waals surface area contributed by atoms with Gasteiger partial charge in [0.1, 0.15) is 5.75 Å². The van der Waals surface area contributed by atoms with Gasteiger partial charge in [-0.2, -0.15) is 5.10 Å². The summed E-state index contributed by atoms with van der Waals surface area (Å²) < 4.78 is 5.96. The zero-order valence-corrected chi connectivity index (χ0v) is 21.5. The number of fused-ring (bicyclic) bond motifs is 1. The van der Waals surface area contributed by atoms with Crippen LogP contribution in [-0.2, 0) is 0 Å². The molecule has 3 aromatic carbocycles. The van der Waals surface area contributed by atoms with Crippen molar-refractivity contribution in [3.05, 3.63) is 83.0 Å². The number of aromatic nitrogens is 2. The van der Waals surface area contributed by atoms with E-state index in [9.17, 15) is 4.79 Å². The molecule has 1 aromatic heterocycles. The lowest BCUT2D eigenvalue weighted by Gasteiger charge is -2.35. The summed E-state index contributed by atoms with van der Waals surface area (Å²) in [6.45, 7) is 5.65. The monoisotopic (exact) mass is 502 g/mol. The first kappa shape index (κ1) is 24.3. The largest absolute Gasteiger partial charge is 0.493 e. The minimum Gasteiger partial charge on any atom is -0.493 e. The number of nitrogens with one attached hydrogen (secondary N) is 1. The van der Waals surface area contributed by atoms with Crippen LogP contribution < -0.4 is 4.74 Å². The minimum absolute atomic E-state index is 0.0428. The summed E-state index contributed by atoms with van der Waals surface area (Å²) in [4.78, 5) is 18.1. The number of carbonyl (C=O) groups excluding carboxylic acids is 1. The smallest absolute Gasteiger partial charge is 0.254 e. The Labute approximate surface area is 216 Å². The highest BCUT2D eigenvalue weighted by molar-refractivity contribution is 6.30. The number of benzene rings is 3. The predicted molar refractivity (Wildman–Crippen MR) is 145 cm³/mol. The number of hydrogen-bond acceptors (Lipinski definition) is 4. The number of likely N-dealkylation sites (tertiary alicyclic amines) is 1. The third kappa shape index (κ3) is 4.97. The standard InChI is InChI=1S/C29H31ClN4O2/c1-3-36-27-18-21(11-12-24(27)20-7-4-9-23(30)17-20)29(35)33(2)26(13-16-34-14-6-15-34)25-10-5-8-22-19-31-32-28(22)25/h4-5,7-12,17-19,26H,3,6,13-16H2,1-2H3,(H,31,32)/t26-/m1/s1. The van der Waals surface area contributed by atoms with E-state index >= 15 is 0 Å². The molecule has 0 aliphatic carbocycles. The SMILES string of the molecule is CCOc1cc(C(=O)N(C)[C@H](CCN2CCC2)c2cccc3cn[nH]c23)ccc1-c1cccc(Cl)c1. The van der Waals surface area contributed by atoms with E-state index in [2.05, 4.69) is 21.2 Å². The molecular formula is C29H31ClN4O2. The normalized spacial score (nSPS) is 14.4. The fraction of sp³-hybridized carbons (Fsp3) is 0.310. The summed E-state index contributed by atoms with van der Waals surface area (Å²) in [5.41, 5.74) is 4.53. The van der Waals surface area contributed by atoms with Crippen molar-refractivity contribution in [3.8, 4) is 16.9 Å². The van der Waals surface area contributed by atoms with Crippen LogP contribution in [0.15, 0.2) is 66.9 Å². The molecule has 0 saturated carbocycles. The third-order valence-corrected chi connectivity index (χ3v) is 7.22. The Balaban J connectivity index is 1.47. The van der Waals surface area contributed by atoms with E-state index in [-0.39, 0.29) is 11.9 Å². The molecule has 0 unspecified atom stereocenters. The maximum atomic E-state index is 13.8. The highest BCUT2D eigenvalue weighted by Gasteiger charge is 2.27. The second-order valence-electron chi connectivity index (χ2n) is 9.25. The number of para-hydroxylation sites is 1. The van der Waals surface area contributed by atoms with E-state index < -0.39 is 0 Å². The van der Waals surface area contributed by atoms with Gasteiger partial charge in [-0.3, -0.25) is 9.89 Å². The van der Waals surface area contributed by atoms with E-state index in [0.29, 0.717) is 22.9 Å². The third-order valence-electron chi connectivity index (χ3n) is 6.99. The molecule has 2 heterocycles. The molecule has 186 valence electrons. The number of carbonyl (C=O) groups is 1. The van der Waals surface area contributed by atoms with Gasteiger partial charge in [-0.15, -0.1) is 0 Å². The Kier molecular flexibility index (Phi) is 7.25.